The van der Waals surface area contributed by atoms with Gasteiger partial charge in [-0.2, -0.15) is 0 Å². The van der Waals surface area contributed by atoms with E-state index in [9.17, 15) is 0 Å². The van der Waals surface area contributed by atoms with E-state index in [4.69, 9.17) is 27.9 Å². The van der Waals surface area contributed by atoms with Gasteiger partial charge in [0, 0.05) is 24.8 Å². The van der Waals surface area contributed by atoms with E-state index in [0.717, 1.165) is 44.8 Å². The topological polar surface area (TPSA) is 12.5 Å². The summed E-state index contributed by atoms with van der Waals surface area (Å²) in [5.74, 6) is 2.27. The van der Waals surface area contributed by atoms with E-state index in [-0.39, 0.29) is 12.4 Å². The van der Waals surface area contributed by atoms with Crippen LogP contribution in [0.1, 0.15) is 12.8 Å². The van der Waals surface area contributed by atoms with E-state index in [0.29, 0.717) is 11.8 Å². The molecule has 0 N–H and O–H groups in total. The van der Waals surface area contributed by atoms with Gasteiger partial charge in [0.05, 0.1) is 6.61 Å². The highest BCUT2D eigenvalue weighted by Crippen LogP contribution is 2.09. The van der Waals surface area contributed by atoms with Gasteiger partial charge in [-0.25, -0.2) is 0 Å². The second kappa shape index (κ2) is 12.9. The lowest BCUT2D eigenvalue weighted by molar-refractivity contribution is 0.268. The molecule has 0 aliphatic rings. The first-order chi connectivity index (χ1) is 8.86. The van der Waals surface area contributed by atoms with Crippen LogP contribution < -0.4 is 4.74 Å². The first-order valence-corrected chi connectivity index (χ1v) is 7.46. The Kier molecular flexibility index (Phi) is 12.8. The molecule has 0 heterocycles. The fourth-order valence-corrected chi connectivity index (χ4v) is 2.20. The molecule has 19 heavy (non-hydrogen) atoms. The van der Waals surface area contributed by atoms with Crippen molar-refractivity contribution in [2.75, 3.05) is 38.0 Å². The molecule has 0 atom stereocenters. The molecule has 0 radical (unpaired) electrons. The molecule has 0 bridgehead atoms. The van der Waals surface area contributed by atoms with Crippen molar-refractivity contribution in [3.8, 4) is 5.75 Å². The molecule has 0 aromatic heterocycles. The van der Waals surface area contributed by atoms with E-state index in [1.807, 2.05) is 30.3 Å². The maximum Gasteiger partial charge on any atom is 0.119 e. The minimum absolute atomic E-state index is 0. The molecule has 1 aromatic carbocycles. The van der Waals surface area contributed by atoms with Crippen LogP contribution >= 0.6 is 35.6 Å². The Morgan fingerprint density at radius 3 is 2.11 bits per heavy atom. The van der Waals surface area contributed by atoms with Gasteiger partial charge in [0.25, 0.3) is 0 Å². The van der Waals surface area contributed by atoms with E-state index >= 15 is 0 Å². The molecule has 0 spiro atoms. The number of hydrogen-bond donors (Lipinski definition) is 0. The molecule has 0 amide bonds. The van der Waals surface area contributed by atoms with Crippen molar-refractivity contribution in [2.24, 2.45) is 0 Å². The third-order valence-electron chi connectivity index (χ3n) is 2.68. The summed E-state index contributed by atoms with van der Waals surface area (Å²) in [4.78, 5) is 2.29. The quantitative estimate of drug-likeness (QED) is 0.475. The van der Waals surface area contributed by atoms with Gasteiger partial charge in [0.15, 0.2) is 0 Å². The molecular weight excluding hydrogens is 305 g/mol. The van der Waals surface area contributed by atoms with Crippen LogP contribution in [-0.4, -0.2) is 42.9 Å². The van der Waals surface area contributed by atoms with E-state index in [1.54, 1.807) is 0 Å². The van der Waals surface area contributed by atoms with Crippen molar-refractivity contribution in [3.05, 3.63) is 30.3 Å². The third-order valence-corrected chi connectivity index (χ3v) is 3.02. The molecule has 1 aromatic rings. The highest BCUT2D eigenvalue weighted by molar-refractivity contribution is 6.18. The van der Waals surface area contributed by atoms with Crippen LogP contribution in [-0.2, 0) is 0 Å². The number of ether oxygens (including phenoxy) is 1. The van der Waals surface area contributed by atoms with Gasteiger partial charge >= 0.3 is 0 Å². The molecule has 0 unspecified atom stereocenters. The number of para-hydroxylation sites is 1. The summed E-state index contributed by atoms with van der Waals surface area (Å²) < 4.78 is 5.64. The number of hydrogen-bond acceptors (Lipinski definition) is 2. The van der Waals surface area contributed by atoms with Crippen molar-refractivity contribution in [3.63, 3.8) is 0 Å². The lowest BCUT2D eigenvalue weighted by Gasteiger charge is -2.19. The Labute approximate surface area is 132 Å². The number of halogens is 3. The second-order valence-corrected chi connectivity index (χ2v) is 4.84. The van der Waals surface area contributed by atoms with Crippen molar-refractivity contribution in [1.29, 1.82) is 0 Å². The molecule has 0 fully saturated rings. The zero-order chi connectivity index (χ0) is 13.1. The van der Waals surface area contributed by atoms with Crippen molar-refractivity contribution in [1.82, 2.24) is 4.90 Å². The lowest BCUT2D eigenvalue weighted by Crippen LogP contribution is -2.29. The highest BCUT2D eigenvalue weighted by atomic mass is 35.5. The third kappa shape index (κ3) is 9.39. The molecule has 110 valence electrons. The van der Waals surface area contributed by atoms with Gasteiger partial charge in [0.1, 0.15) is 5.75 Å². The number of benzene rings is 1. The summed E-state index contributed by atoms with van der Waals surface area (Å²) in [7, 11) is 0. The Balaban J connectivity index is 0.00000324. The second-order valence-electron chi connectivity index (χ2n) is 4.09. The van der Waals surface area contributed by atoms with Crippen LogP contribution in [0.4, 0.5) is 0 Å². The molecule has 5 heteroatoms. The summed E-state index contributed by atoms with van der Waals surface area (Å²) >= 11 is 11.5. The average Bonchev–Trinajstić information content (AvgIpc) is 2.40. The number of unbranched alkanes of at least 4 members (excludes halogenated alkanes) is 1. The van der Waals surface area contributed by atoms with Gasteiger partial charge in [0.2, 0.25) is 0 Å². The Bertz CT molecular complexity index is 292. The molecule has 2 nitrogen and oxygen atoms in total. The molecule has 0 aliphatic heterocycles. The van der Waals surface area contributed by atoms with Crippen LogP contribution in [0.5, 0.6) is 5.75 Å². The zero-order valence-electron chi connectivity index (χ0n) is 11.1. The van der Waals surface area contributed by atoms with Crippen LogP contribution in [0, 0.1) is 0 Å². The maximum atomic E-state index is 5.74. The highest BCUT2D eigenvalue weighted by Gasteiger charge is 2.02. The zero-order valence-corrected chi connectivity index (χ0v) is 13.4. The fraction of sp³-hybridized carbons (Fsp3) is 0.571. The van der Waals surface area contributed by atoms with Crippen LogP contribution in [0.2, 0.25) is 0 Å². The predicted octanol–water partition coefficient (Wildman–Crippen LogP) is 4.05. The van der Waals surface area contributed by atoms with E-state index < -0.39 is 0 Å². The summed E-state index contributed by atoms with van der Waals surface area (Å²) in [5, 5.41) is 0. The van der Waals surface area contributed by atoms with Crippen LogP contribution in [0.15, 0.2) is 30.3 Å². The summed E-state index contributed by atoms with van der Waals surface area (Å²) in [5.41, 5.74) is 0. The van der Waals surface area contributed by atoms with Crippen LogP contribution in [0.25, 0.3) is 0 Å². The SMILES string of the molecule is Cl.ClCCN(CCCl)CCCCOc1ccccc1. The molecular formula is C14H22Cl3NO. The minimum Gasteiger partial charge on any atom is -0.494 e. The van der Waals surface area contributed by atoms with Gasteiger partial charge in [-0.05, 0) is 31.5 Å². The largest absolute Gasteiger partial charge is 0.494 e. The van der Waals surface area contributed by atoms with Crippen LogP contribution in [0.3, 0.4) is 0 Å². The Morgan fingerprint density at radius 2 is 1.53 bits per heavy atom. The van der Waals surface area contributed by atoms with Gasteiger partial charge in [-0.15, -0.1) is 35.6 Å². The lowest BCUT2D eigenvalue weighted by atomic mass is 10.3. The minimum atomic E-state index is 0. The number of rotatable bonds is 10. The average molecular weight is 327 g/mol. The molecule has 0 saturated carbocycles. The van der Waals surface area contributed by atoms with Crippen molar-refractivity contribution >= 4 is 35.6 Å². The van der Waals surface area contributed by atoms with Crippen molar-refractivity contribution < 1.29 is 4.74 Å². The summed E-state index contributed by atoms with van der Waals surface area (Å²) in [6.07, 6.45) is 2.16. The van der Waals surface area contributed by atoms with E-state index in [2.05, 4.69) is 4.90 Å². The number of nitrogens with zero attached hydrogens (tertiary/aromatic N) is 1. The first-order valence-electron chi connectivity index (χ1n) is 6.39. The summed E-state index contributed by atoms with van der Waals surface area (Å²) in [6, 6.07) is 9.92. The van der Waals surface area contributed by atoms with Crippen molar-refractivity contribution in [2.45, 2.75) is 12.8 Å². The summed E-state index contributed by atoms with van der Waals surface area (Å²) in [6.45, 7) is 3.62. The van der Waals surface area contributed by atoms with Gasteiger partial charge < -0.3 is 9.64 Å². The smallest absolute Gasteiger partial charge is 0.119 e. The first kappa shape index (κ1) is 18.9. The monoisotopic (exact) mass is 325 g/mol. The molecule has 0 aliphatic carbocycles. The Hall–Kier alpha value is -0.150. The maximum absolute atomic E-state index is 5.74. The standard InChI is InChI=1S/C14H21Cl2NO.ClH/c15-8-11-17(12-9-16)10-4-5-13-18-14-6-2-1-3-7-14;/h1-3,6-7H,4-5,8-13H2;1H. The number of alkyl halides is 2. The molecule has 1 rings (SSSR count). The van der Waals surface area contributed by atoms with Gasteiger partial charge in [-0.1, -0.05) is 18.2 Å². The predicted molar refractivity (Wildman–Crippen MR) is 86.3 cm³/mol. The normalized spacial score (nSPS) is 10.3. The van der Waals surface area contributed by atoms with E-state index in [1.165, 1.54) is 0 Å². The molecule has 0 saturated heterocycles. The van der Waals surface area contributed by atoms with Gasteiger partial charge in [-0.3, -0.25) is 0 Å². The Morgan fingerprint density at radius 1 is 0.895 bits per heavy atom. The fourth-order valence-electron chi connectivity index (χ4n) is 1.72.